The van der Waals surface area contributed by atoms with Gasteiger partial charge in [0.15, 0.2) is 0 Å². The third-order valence-corrected chi connectivity index (χ3v) is 5.26. The number of nitrogens with two attached hydrogens (primary N) is 2. The summed E-state index contributed by atoms with van der Waals surface area (Å²) >= 11 is 6.28. The highest BCUT2D eigenvalue weighted by Crippen LogP contribution is 2.34. The van der Waals surface area contributed by atoms with Crippen molar-refractivity contribution in [3.8, 4) is 11.1 Å². The van der Waals surface area contributed by atoms with Gasteiger partial charge >= 0.3 is 0 Å². The topological polar surface area (TPSA) is 81.1 Å². The van der Waals surface area contributed by atoms with Crippen LogP contribution in [0.25, 0.3) is 11.1 Å². The molecule has 0 bridgehead atoms. The van der Waals surface area contributed by atoms with E-state index < -0.39 is 0 Å². The molecule has 0 saturated carbocycles. The van der Waals surface area contributed by atoms with Gasteiger partial charge in [0.05, 0.1) is 0 Å². The van der Waals surface area contributed by atoms with Crippen LogP contribution in [-0.2, 0) is 13.0 Å². The van der Waals surface area contributed by atoms with Gasteiger partial charge in [0.2, 0.25) is 5.95 Å². The van der Waals surface area contributed by atoms with Crippen LogP contribution in [0.2, 0.25) is 5.02 Å². The van der Waals surface area contributed by atoms with E-state index in [0.717, 1.165) is 34.7 Å². The lowest BCUT2D eigenvalue weighted by Crippen LogP contribution is -2.21. The number of fused-ring (bicyclic) bond motifs is 1. The summed E-state index contributed by atoms with van der Waals surface area (Å²) in [6.45, 7) is 3.63. The number of nitrogen functional groups attached to an aromatic ring is 2. The van der Waals surface area contributed by atoms with E-state index in [4.69, 9.17) is 23.1 Å². The Hall–Kier alpha value is -2.79. The molecule has 0 saturated heterocycles. The summed E-state index contributed by atoms with van der Waals surface area (Å²) in [5, 5.41) is 0.795. The quantitative estimate of drug-likeness (QED) is 0.737. The second-order valence-electron chi connectivity index (χ2n) is 6.62. The van der Waals surface area contributed by atoms with Crippen LogP contribution in [0, 0.1) is 6.92 Å². The van der Waals surface area contributed by atoms with Crippen molar-refractivity contribution in [3.05, 3.63) is 64.3 Å². The van der Waals surface area contributed by atoms with Gasteiger partial charge in [-0.15, -0.1) is 0 Å². The summed E-state index contributed by atoms with van der Waals surface area (Å²) in [6.07, 6.45) is 2.71. The van der Waals surface area contributed by atoms with Crippen LogP contribution < -0.4 is 16.4 Å². The van der Waals surface area contributed by atoms with Gasteiger partial charge < -0.3 is 16.4 Å². The zero-order valence-corrected chi connectivity index (χ0v) is 15.3. The number of hydrogen-bond acceptors (Lipinski definition) is 5. The SMILES string of the molecule is Cc1ccc(-c2ccc3c(c2)CCN3Cc2cnc(N)nc2N)cc1Cl. The highest BCUT2D eigenvalue weighted by molar-refractivity contribution is 6.31. The van der Waals surface area contributed by atoms with Crippen molar-refractivity contribution >= 4 is 29.1 Å². The Morgan fingerprint density at radius 1 is 1.12 bits per heavy atom. The van der Waals surface area contributed by atoms with Gasteiger partial charge in [-0.3, -0.25) is 0 Å². The molecule has 4 N–H and O–H groups in total. The minimum absolute atomic E-state index is 0.203. The van der Waals surface area contributed by atoms with E-state index in [1.165, 1.54) is 16.8 Å². The Balaban J connectivity index is 1.61. The molecule has 1 aliphatic heterocycles. The van der Waals surface area contributed by atoms with Gasteiger partial charge in [-0.1, -0.05) is 29.8 Å². The van der Waals surface area contributed by atoms with E-state index >= 15 is 0 Å². The van der Waals surface area contributed by atoms with Crippen molar-refractivity contribution in [2.45, 2.75) is 19.9 Å². The highest BCUT2D eigenvalue weighted by atomic mass is 35.5. The minimum atomic E-state index is 0.203. The van der Waals surface area contributed by atoms with Crippen LogP contribution in [0.15, 0.2) is 42.6 Å². The number of halogens is 1. The van der Waals surface area contributed by atoms with E-state index in [2.05, 4.69) is 45.2 Å². The number of anilines is 3. The molecule has 1 aromatic heterocycles. The average Bonchev–Trinajstić information content (AvgIpc) is 3.02. The van der Waals surface area contributed by atoms with Crippen molar-refractivity contribution in [1.82, 2.24) is 9.97 Å². The summed E-state index contributed by atoms with van der Waals surface area (Å²) in [5.41, 5.74) is 18.4. The number of aryl methyl sites for hydroxylation is 1. The maximum Gasteiger partial charge on any atom is 0.221 e. The Morgan fingerprint density at radius 2 is 1.88 bits per heavy atom. The zero-order chi connectivity index (χ0) is 18.3. The maximum atomic E-state index is 6.28. The van der Waals surface area contributed by atoms with Gasteiger partial charge in [0.25, 0.3) is 0 Å². The molecule has 132 valence electrons. The fourth-order valence-corrected chi connectivity index (χ4v) is 3.53. The van der Waals surface area contributed by atoms with E-state index in [1.54, 1.807) is 6.20 Å². The standard InChI is InChI=1S/C20H20ClN5/c1-12-2-3-14(9-17(12)21)13-4-5-18-15(8-13)6-7-26(18)11-16-10-24-20(23)25-19(16)22/h2-5,8-10H,6-7,11H2,1H3,(H4,22,23,24,25). The van der Waals surface area contributed by atoms with Crippen LogP contribution in [-0.4, -0.2) is 16.5 Å². The summed E-state index contributed by atoms with van der Waals surface area (Å²) in [7, 11) is 0. The molecule has 2 aromatic carbocycles. The number of nitrogens with zero attached hydrogens (tertiary/aromatic N) is 3. The minimum Gasteiger partial charge on any atom is -0.383 e. The van der Waals surface area contributed by atoms with Crippen molar-refractivity contribution in [2.75, 3.05) is 22.9 Å². The lowest BCUT2D eigenvalue weighted by Gasteiger charge is -2.20. The molecule has 5 nitrogen and oxygen atoms in total. The Bertz CT molecular complexity index is 986. The van der Waals surface area contributed by atoms with Crippen molar-refractivity contribution in [2.24, 2.45) is 0 Å². The first-order valence-electron chi connectivity index (χ1n) is 8.52. The molecule has 0 atom stereocenters. The average molecular weight is 366 g/mol. The van der Waals surface area contributed by atoms with E-state index in [0.29, 0.717) is 12.4 Å². The van der Waals surface area contributed by atoms with Gasteiger partial charge in [-0.25, -0.2) is 4.98 Å². The predicted molar refractivity (Wildman–Crippen MR) is 107 cm³/mol. The van der Waals surface area contributed by atoms with Crippen molar-refractivity contribution < 1.29 is 0 Å². The van der Waals surface area contributed by atoms with Crippen LogP contribution in [0.5, 0.6) is 0 Å². The van der Waals surface area contributed by atoms with E-state index in [9.17, 15) is 0 Å². The third kappa shape index (κ3) is 3.06. The largest absolute Gasteiger partial charge is 0.383 e. The molecule has 4 rings (SSSR count). The molecule has 0 spiro atoms. The van der Waals surface area contributed by atoms with Gasteiger partial charge in [-0.05, 0) is 53.8 Å². The molecule has 1 aliphatic rings. The predicted octanol–water partition coefficient (Wildman–Crippen LogP) is 3.83. The lowest BCUT2D eigenvalue weighted by molar-refractivity contribution is 0.830. The Labute approximate surface area is 157 Å². The number of hydrogen-bond donors (Lipinski definition) is 2. The Kier molecular flexibility index (Phi) is 4.17. The fourth-order valence-electron chi connectivity index (χ4n) is 3.35. The third-order valence-electron chi connectivity index (χ3n) is 4.85. The second-order valence-corrected chi connectivity index (χ2v) is 7.02. The van der Waals surface area contributed by atoms with Gasteiger partial charge in [-0.2, -0.15) is 4.98 Å². The summed E-state index contributed by atoms with van der Waals surface area (Å²) < 4.78 is 0. The first kappa shape index (κ1) is 16.7. The second kappa shape index (κ2) is 6.50. The van der Waals surface area contributed by atoms with Gasteiger partial charge in [0.1, 0.15) is 5.82 Å². The van der Waals surface area contributed by atoms with Crippen molar-refractivity contribution in [1.29, 1.82) is 0 Å². The van der Waals surface area contributed by atoms with Crippen LogP contribution >= 0.6 is 11.6 Å². The molecule has 0 unspecified atom stereocenters. The maximum absolute atomic E-state index is 6.28. The van der Waals surface area contributed by atoms with Crippen molar-refractivity contribution in [3.63, 3.8) is 0 Å². The first-order chi connectivity index (χ1) is 12.5. The zero-order valence-electron chi connectivity index (χ0n) is 14.5. The summed E-state index contributed by atoms with van der Waals surface area (Å²) in [5.74, 6) is 0.645. The molecule has 6 heteroatoms. The summed E-state index contributed by atoms with van der Waals surface area (Å²) in [6, 6.07) is 12.8. The lowest BCUT2D eigenvalue weighted by atomic mass is 10.0. The van der Waals surface area contributed by atoms with Gasteiger partial charge in [0, 0.05) is 35.6 Å². The normalized spacial score (nSPS) is 13.1. The first-order valence-corrected chi connectivity index (χ1v) is 8.90. The van der Waals surface area contributed by atoms with E-state index in [1.807, 2.05) is 13.0 Å². The molecule has 2 heterocycles. The number of rotatable bonds is 3. The molecule has 0 fully saturated rings. The molecule has 0 aliphatic carbocycles. The summed E-state index contributed by atoms with van der Waals surface area (Å²) in [4.78, 5) is 10.4. The monoisotopic (exact) mass is 365 g/mol. The molecule has 0 radical (unpaired) electrons. The highest BCUT2D eigenvalue weighted by Gasteiger charge is 2.21. The molecule has 26 heavy (non-hydrogen) atoms. The van der Waals surface area contributed by atoms with E-state index in [-0.39, 0.29) is 5.95 Å². The smallest absolute Gasteiger partial charge is 0.221 e. The number of aromatic nitrogens is 2. The molecule has 3 aromatic rings. The fraction of sp³-hybridized carbons (Fsp3) is 0.200. The van der Waals surface area contributed by atoms with Crippen LogP contribution in [0.4, 0.5) is 17.5 Å². The van der Waals surface area contributed by atoms with Crippen LogP contribution in [0.3, 0.4) is 0 Å². The Morgan fingerprint density at radius 3 is 2.65 bits per heavy atom. The number of benzene rings is 2. The van der Waals surface area contributed by atoms with Crippen LogP contribution in [0.1, 0.15) is 16.7 Å². The molecular weight excluding hydrogens is 346 g/mol. The molecular formula is C20H20ClN5. The molecule has 0 amide bonds.